The first kappa shape index (κ1) is 18.1. The lowest BCUT2D eigenvalue weighted by molar-refractivity contribution is -0.274. The Morgan fingerprint density at radius 2 is 1.92 bits per heavy atom. The molecule has 0 spiro atoms. The van der Waals surface area contributed by atoms with Crippen LogP contribution >= 0.6 is 11.8 Å². The Balaban J connectivity index is 1.92. The standard InChI is InChI=1S/C14H13F3N2O4S2/c1-8(20)18-13-19(11-6-25(21,22)7-12(11)24-13)9-2-4-10(5-3-9)23-14(15,16)17/h2-5,11-12H,6-7H2,1H3. The van der Waals surface area contributed by atoms with Crippen molar-refractivity contribution in [3.8, 4) is 5.75 Å². The monoisotopic (exact) mass is 394 g/mol. The first-order valence-electron chi connectivity index (χ1n) is 7.15. The van der Waals surface area contributed by atoms with Gasteiger partial charge < -0.3 is 9.64 Å². The van der Waals surface area contributed by atoms with Crippen LogP contribution < -0.4 is 9.64 Å². The number of rotatable bonds is 2. The van der Waals surface area contributed by atoms with E-state index < -0.39 is 28.1 Å². The molecule has 3 rings (SSSR count). The predicted molar refractivity (Wildman–Crippen MR) is 87.5 cm³/mol. The van der Waals surface area contributed by atoms with E-state index in [9.17, 15) is 26.4 Å². The summed E-state index contributed by atoms with van der Waals surface area (Å²) < 4.78 is 64.3. The van der Waals surface area contributed by atoms with Gasteiger partial charge in [0.1, 0.15) is 5.75 Å². The zero-order chi connectivity index (χ0) is 18.4. The second-order valence-corrected chi connectivity index (χ2v) is 8.99. The molecule has 6 nitrogen and oxygen atoms in total. The molecule has 2 heterocycles. The van der Waals surface area contributed by atoms with Crippen LogP contribution in [0.2, 0.25) is 0 Å². The average molecular weight is 394 g/mol. The van der Waals surface area contributed by atoms with E-state index in [0.717, 1.165) is 12.1 Å². The number of sulfone groups is 1. The van der Waals surface area contributed by atoms with Crippen molar-refractivity contribution in [3.63, 3.8) is 0 Å². The fourth-order valence-corrected chi connectivity index (χ4v) is 6.77. The third-order valence-electron chi connectivity index (χ3n) is 3.67. The summed E-state index contributed by atoms with van der Waals surface area (Å²) in [7, 11) is -3.21. The molecule has 1 amide bonds. The van der Waals surface area contributed by atoms with Crippen molar-refractivity contribution >= 4 is 38.4 Å². The number of amides is 1. The van der Waals surface area contributed by atoms with Crippen molar-refractivity contribution in [2.75, 3.05) is 16.4 Å². The van der Waals surface area contributed by atoms with Crippen LogP contribution in [0.3, 0.4) is 0 Å². The van der Waals surface area contributed by atoms with E-state index >= 15 is 0 Å². The molecule has 0 N–H and O–H groups in total. The molecule has 2 unspecified atom stereocenters. The molecule has 0 aliphatic carbocycles. The Kier molecular flexibility index (Phi) is 4.48. The molecule has 2 saturated heterocycles. The highest BCUT2D eigenvalue weighted by atomic mass is 32.2. The van der Waals surface area contributed by atoms with Crippen LogP contribution in [0.5, 0.6) is 5.75 Å². The van der Waals surface area contributed by atoms with E-state index in [1.165, 1.54) is 30.8 Å². The molecule has 136 valence electrons. The van der Waals surface area contributed by atoms with Crippen LogP contribution in [0.15, 0.2) is 29.3 Å². The van der Waals surface area contributed by atoms with E-state index in [1.807, 2.05) is 0 Å². The Morgan fingerprint density at radius 1 is 1.28 bits per heavy atom. The number of nitrogens with zero attached hydrogens (tertiary/aromatic N) is 2. The largest absolute Gasteiger partial charge is 0.573 e. The molecule has 25 heavy (non-hydrogen) atoms. The Bertz CT molecular complexity index is 821. The van der Waals surface area contributed by atoms with Crippen LogP contribution in [-0.2, 0) is 14.6 Å². The maximum Gasteiger partial charge on any atom is 0.573 e. The van der Waals surface area contributed by atoms with Crippen LogP contribution in [0, 0.1) is 0 Å². The number of hydrogen-bond acceptors (Lipinski definition) is 5. The molecule has 0 radical (unpaired) electrons. The highest BCUT2D eigenvalue weighted by Crippen LogP contribution is 2.41. The van der Waals surface area contributed by atoms with E-state index in [0.29, 0.717) is 10.9 Å². The lowest BCUT2D eigenvalue weighted by Crippen LogP contribution is -2.37. The maximum absolute atomic E-state index is 12.3. The van der Waals surface area contributed by atoms with Crippen molar-refractivity contribution in [1.29, 1.82) is 0 Å². The summed E-state index contributed by atoms with van der Waals surface area (Å²) in [4.78, 5) is 16.8. The highest BCUT2D eigenvalue weighted by Gasteiger charge is 2.49. The van der Waals surface area contributed by atoms with E-state index in [4.69, 9.17) is 0 Å². The zero-order valence-electron chi connectivity index (χ0n) is 12.9. The fraction of sp³-hybridized carbons (Fsp3) is 0.429. The summed E-state index contributed by atoms with van der Waals surface area (Å²) in [5, 5.41) is 0.0797. The van der Waals surface area contributed by atoms with Gasteiger partial charge in [0.2, 0.25) is 5.91 Å². The molecule has 0 aromatic heterocycles. The number of thioether (sulfide) groups is 1. The number of halogens is 3. The maximum atomic E-state index is 12.3. The van der Waals surface area contributed by atoms with Gasteiger partial charge in [-0.2, -0.15) is 4.99 Å². The second-order valence-electron chi connectivity index (χ2n) is 5.63. The summed E-state index contributed by atoms with van der Waals surface area (Å²) in [5.41, 5.74) is 0.451. The van der Waals surface area contributed by atoms with Gasteiger partial charge in [-0.05, 0) is 24.3 Å². The fourth-order valence-electron chi connectivity index (χ4n) is 2.81. The number of anilines is 1. The number of fused-ring (bicyclic) bond motifs is 1. The molecule has 2 aliphatic rings. The lowest BCUT2D eigenvalue weighted by Gasteiger charge is -2.24. The van der Waals surface area contributed by atoms with Crippen molar-refractivity contribution in [1.82, 2.24) is 0 Å². The van der Waals surface area contributed by atoms with E-state index in [2.05, 4.69) is 9.73 Å². The van der Waals surface area contributed by atoms with Crippen molar-refractivity contribution in [3.05, 3.63) is 24.3 Å². The van der Waals surface area contributed by atoms with Gasteiger partial charge in [0, 0.05) is 17.9 Å². The summed E-state index contributed by atoms with van der Waals surface area (Å²) >= 11 is 1.19. The number of alkyl halides is 3. The number of amidine groups is 1. The van der Waals surface area contributed by atoms with Crippen molar-refractivity contribution in [2.24, 2.45) is 4.99 Å². The minimum Gasteiger partial charge on any atom is -0.406 e. The van der Waals surface area contributed by atoms with Gasteiger partial charge in [-0.15, -0.1) is 13.2 Å². The van der Waals surface area contributed by atoms with Gasteiger partial charge in [0.05, 0.1) is 17.5 Å². The van der Waals surface area contributed by atoms with Crippen LogP contribution in [-0.4, -0.2) is 48.7 Å². The Hall–Kier alpha value is -1.75. The van der Waals surface area contributed by atoms with Crippen molar-refractivity contribution in [2.45, 2.75) is 24.6 Å². The smallest absolute Gasteiger partial charge is 0.406 e. The summed E-state index contributed by atoms with van der Waals surface area (Å²) in [6.07, 6.45) is -4.79. The van der Waals surface area contributed by atoms with Gasteiger partial charge in [-0.1, -0.05) is 11.8 Å². The van der Waals surface area contributed by atoms with E-state index in [-0.39, 0.29) is 22.5 Å². The molecule has 2 fully saturated rings. The number of hydrogen-bond donors (Lipinski definition) is 0. The van der Waals surface area contributed by atoms with Crippen LogP contribution in [0.4, 0.5) is 18.9 Å². The quantitative estimate of drug-likeness (QED) is 0.766. The Morgan fingerprint density at radius 3 is 2.48 bits per heavy atom. The zero-order valence-corrected chi connectivity index (χ0v) is 14.5. The number of aliphatic imine (C=N–C) groups is 1. The normalized spacial score (nSPS) is 26.7. The lowest BCUT2D eigenvalue weighted by atomic mass is 10.2. The highest BCUT2D eigenvalue weighted by molar-refractivity contribution is 8.16. The molecule has 0 saturated carbocycles. The third-order valence-corrected chi connectivity index (χ3v) is 6.88. The summed E-state index contributed by atoms with van der Waals surface area (Å²) in [6, 6.07) is 4.61. The second kappa shape index (κ2) is 6.20. The van der Waals surface area contributed by atoms with Crippen LogP contribution in [0.1, 0.15) is 6.92 Å². The van der Waals surface area contributed by atoms with Gasteiger partial charge in [-0.25, -0.2) is 8.42 Å². The minimum atomic E-state index is -4.79. The van der Waals surface area contributed by atoms with Gasteiger partial charge in [0.25, 0.3) is 0 Å². The molecule has 1 aromatic carbocycles. The Labute approximate surface area is 146 Å². The molecule has 2 atom stereocenters. The van der Waals surface area contributed by atoms with E-state index in [1.54, 1.807) is 4.90 Å². The van der Waals surface area contributed by atoms with Crippen molar-refractivity contribution < 1.29 is 31.1 Å². The summed E-state index contributed by atoms with van der Waals surface area (Å²) in [6.45, 7) is 1.27. The summed E-state index contributed by atoms with van der Waals surface area (Å²) in [5.74, 6) is -0.941. The third kappa shape index (κ3) is 4.09. The van der Waals surface area contributed by atoms with Gasteiger partial charge in [0.15, 0.2) is 15.0 Å². The first-order valence-corrected chi connectivity index (χ1v) is 9.85. The average Bonchev–Trinajstić information content (AvgIpc) is 2.88. The number of carbonyl (C=O) groups excluding carboxylic acids is 1. The topological polar surface area (TPSA) is 76.0 Å². The molecular weight excluding hydrogens is 381 g/mol. The van der Waals surface area contributed by atoms with Gasteiger partial charge >= 0.3 is 6.36 Å². The molecule has 1 aromatic rings. The van der Waals surface area contributed by atoms with Gasteiger partial charge in [-0.3, -0.25) is 4.79 Å². The van der Waals surface area contributed by atoms with Crippen LogP contribution in [0.25, 0.3) is 0 Å². The molecular formula is C14H13F3N2O4S2. The molecule has 11 heteroatoms. The molecule has 2 aliphatic heterocycles. The number of benzene rings is 1. The number of carbonyl (C=O) groups is 1. The predicted octanol–water partition coefficient (Wildman–Crippen LogP) is 2.21. The molecule has 0 bridgehead atoms. The minimum absolute atomic E-state index is 0.0228. The first-order chi connectivity index (χ1) is 11.5. The SMILES string of the molecule is CC(=O)N=C1SC2CS(=O)(=O)CC2N1c1ccc(OC(F)(F)F)cc1. The number of ether oxygens (including phenoxy) is 1.